The molecule has 0 aromatic heterocycles. The molecule has 2 saturated heterocycles. The van der Waals surface area contributed by atoms with E-state index >= 15 is 0 Å². The van der Waals surface area contributed by atoms with Crippen molar-refractivity contribution in [1.82, 2.24) is 36.6 Å². The van der Waals surface area contributed by atoms with Gasteiger partial charge in [-0.25, -0.2) is 28.9 Å². The fourth-order valence-corrected chi connectivity index (χ4v) is 8.71. The first-order valence-corrected chi connectivity index (χ1v) is 22.0. The normalized spacial score (nSPS) is 18.9. The van der Waals surface area contributed by atoms with E-state index in [1.54, 1.807) is 5.09 Å². The molecule has 0 bridgehead atoms. The summed E-state index contributed by atoms with van der Waals surface area (Å²) >= 11 is 1.85. The van der Waals surface area contributed by atoms with Gasteiger partial charge in [-0.2, -0.15) is 11.8 Å². The van der Waals surface area contributed by atoms with Crippen molar-refractivity contribution in [3.63, 3.8) is 0 Å². The molecule has 0 radical (unpaired) electrons. The number of amides is 7. The number of unbranched alkanes of at least 4 members (excludes halogenated alkanes) is 5. The van der Waals surface area contributed by atoms with Crippen LogP contribution >= 0.6 is 19.5 Å². The number of carboxylic acid groups (broad SMARTS) is 4. The van der Waals surface area contributed by atoms with Gasteiger partial charge in [-0.05, 0) is 44.9 Å². The van der Waals surface area contributed by atoms with Crippen molar-refractivity contribution in [2.24, 2.45) is 0 Å². The van der Waals surface area contributed by atoms with Crippen LogP contribution in [0.3, 0.4) is 0 Å². The molecular weight excluding hydrogens is 825 g/mol. The molecular formula is C34H56N7O16PS. The molecule has 11 N–H and O–H groups in total. The van der Waals surface area contributed by atoms with E-state index in [1.165, 1.54) is 0 Å². The number of rotatable bonds is 31. The maximum atomic E-state index is 12.5. The van der Waals surface area contributed by atoms with E-state index in [0.717, 1.165) is 37.9 Å². The number of hydrogen-bond donors (Lipinski definition) is 11. The molecule has 59 heavy (non-hydrogen) atoms. The van der Waals surface area contributed by atoms with E-state index in [-0.39, 0.29) is 42.8 Å². The standard InChI is InChI=1S/C34H56N7O16PS/c42-25(10-3-1-7-16-36-26(43)11-6-5-9-24-30-23(20-59-24)38-33(52)39-30)35-17-8-2-4-12-28(45)41(34(53)54)18-15-27(44)37-22(32(50)51)19-57-58(55,56)40-21(31(48)49)13-14-29(46)47/h21-24,30H,1-20H2,(H,35,42)(H,36,43)(H,37,44)(H,46,47)(H,48,49)(H,50,51)(H,53,54)(H2,38,39,52)(H2,40,55,56)/t21-,22-,23?,24?,30?/m0/s1. The molecule has 2 fully saturated rings. The van der Waals surface area contributed by atoms with Gasteiger partial charge in [-0.3, -0.25) is 33.3 Å². The van der Waals surface area contributed by atoms with Gasteiger partial charge in [0.2, 0.25) is 23.6 Å². The van der Waals surface area contributed by atoms with Gasteiger partial charge in [0.05, 0.1) is 18.7 Å². The Labute approximate surface area is 344 Å². The number of fused-ring (bicyclic) bond motifs is 1. The second kappa shape index (κ2) is 26.6. The molecule has 0 aliphatic carbocycles. The minimum atomic E-state index is -5.01. The number of nitrogens with zero attached hydrogens (tertiary/aromatic N) is 1. The lowest BCUT2D eigenvalue weighted by molar-refractivity contribution is -0.143. The number of nitrogens with one attached hydrogen (secondary N) is 6. The van der Waals surface area contributed by atoms with Crippen molar-refractivity contribution in [3.8, 4) is 0 Å². The molecule has 334 valence electrons. The second-order valence-electron chi connectivity index (χ2n) is 14.0. The van der Waals surface area contributed by atoms with Crippen LogP contribution in [0.1, 0.15) is 96.3 Å². The predicted octanol–water partition coefficient (Wildman–Crippen LogP) is 0.556. The number of carboxylic acids is 3. The summed E-state index contributed by atoms with van der Waals surface area (Å²) in [7, 11) is -5.01. The average Bonchev–Trinajstić information content (AvgIpc) is 3.71. The lowest BCUT2D eigenvalue weighted by atomic mass is 10.0. The monoisotopic (exact) mass is 881 g/mol. The van der Waals surface area contributed by atoms with Gasteiger partial charge in [-0.1, -0.05) is 19.3 Å². The van der Waals surface area contributed by atoms with Crippen molar-refractivity contribution < 1.29 is 77.6 Å². The molecule has 2 aliphatic heterocycles. The highest BCUT2D eigenvalue weighted by Gasteiger charge is 2.42. The van der Waals surface area contributed by atoms with Crippen LogP contribution in [-0.4, -0.2) is 145 Å². The minimum absolute atomic E-state index is 0.00474. The fourth-order valence-electron chi connectivity index (χ4n) is 6.11. The average molecular weight is 882 g/mol. The zero-order chi connectivity index (χ0) is 44.0. The first-order chi connectivity index (χ1) is 27.9. The maximum Gasteiger partial charge on any atom is 0.414 e. The molecule has 0 aromatic rings. The predicted molar refractivity (Wildman–Crippen MR) is 208 cm³/mol. The molecule has 6 atom stereocenters. The fraction of sp³-hybridized carbons (Fsp3) is 0.735. The summed E-state index contributed by atoms with van der Waals surface area (Å²) in [5.41, 5.74) is 0. The summed E-state index contributed by atoms with van der Waals surface area (Å²) in [6.45, 7) is -0.899. The third kappa shape index (κ3) is 20.8. The van der Waals surface area contributed by atoms with Gasteiger partial charge < -0.3 is 51.9 Å². The van der Waals surface area contributed by atoms with Crippen molar-refractivity contribution in [1.29, 1.82) is 0 Å². The summed E-state index contributed by atoms with van der Waals surface area (Å²) in [6.07, 6.45) is 3.02. The third-order valence-corrected chi connectivity index (χ3v) is 11.9. The highest BCUT2D eigenvalue weighted by molar-refractivity contribution is 8.00. The Hall–Kier alpha value is -4.51. The summed E-state index contributed by atoms with van der Waals surface area (Å²) in [6, 6.07) is -3.53. The van der Waals surface area contributed by atoms with E-state index < -0.39 is 88.1 Å². The first kappa shape index (κ1) is 50.6. The van der Waals surface area contributed by atoms with Crippen molar-refractivity contribution in [2.75, 3.05) is 32.0 Å². The van der Waals surface area contributed by atoms with E-state index in [9.17, 15) is 62.8 Å². The number of carbonyl (C=O) groups excluding carboxylic acids is 5. The highest BCUT2D eigenvalue weighted by Crippen LogP contribution is 2.38. The summed E-state index contributed by atoms with van der Waals surface area (Å²) in [4.78, 5) is 116. The van der Waals surface area contributed by atoms with Gasteiger partial charge in [-0.15, -0.1) is 0 Å². The quantitative estimate of drug-likeness (QED) is 0.0257. The number of urea groups is 1. The second-order valence-corrected chi connectivity index (χ2v) is 16.8. The first-order valence-electron chi connectivity index (χ1n) is 19.4. The topological polar surface area (TPSA) is 356 Å². The molecule has 0 spiro atoms. The van der Waals surface area contributed by atoms with Gasteiger partial charge in [0, 0.05) is 62.7 Å². The number of carbonyl (C=O) groups is 9. The Bertz CT molecular complexity index is 1540. The number of thioether (sulfide) groups is 1. The van der Waals surface area contributed by atoms with Crippen LogP contribution in [0.4, 0.5) is 9.59 Å². The molecule has 0 saturated carbocycles. The van der Waals surface area contributed by atoms with Crippen molar-refractivity contribution in [3.05, 3.63) is 0 Å². The molecule has 2 aliphatic rings. The van der Waals surface area contributed by atoms with E-state index in [1.807, 2.05) is 17.1 Å². The van der Waals surface area contributed by atoms with Crippen LogP contribution in [-0.2, 0) is 42.7 Å². The summed E-state index contributed by atoms with van der Waals surface area (Å²) in [5.74, 6) is -5.89. The molecule has 2 rings (SSSR count). The van der Waals surface area contributed by atoms with E-state index in [2.05, 4.69) is 25.8 Å². The number of hydrogen-bond acceptors (Lipinski definition) is 12. The lowest BCUT2D eigenvalue weighted by Gasteiger charge is -2.21. The van der Waals surface area contributed by atoms with Crippen LogP contribution in [0.15, 0.2) is 0 Å². The Morgan fingerprint density at radius 2 is 1.36 bits per heavy atom. The summed E-state index contributed by atoms with van der Waals surface area (Å²) in [5, 5.41) is 52.3. The molecule has 0 aromatic carbocycles. The van der Waals surface area contributed by atoms with Gasteiger partial charge >= 0.3 is 37.8 Å². The summed E-state index contributed by atoms with van der Waals surface area (Å²) < 4.78 is 16.8. The molecule has 4 unspecified atom stereocenters. The lowest BCUT2D eigenvalue weighted by Crippen LogP contribution is -2.46. The molecule has 7 amide bonds. The van der Waals surface area contributed by atoms with E-state index in [4.69, 9.17) is 10.2 Å². The number of imide groups is 1. The Kier molecular flexibility index (Phi) is 22.8. The van der Waals surface area contributed by atoms with Crippen LogP contribution in [0.25, 0.3) is 0 Å². The molecule has 25 heteroatoms. The van der Waals surface area contributed by atoms with Crippen LogP contribution in [0.2, 0.25) is 0 Å². The highest BCUT2D eigenvalue weighted by atomic mass is 32.2. The van der Waals surface area contributed by atoms with Gasteiger partial charge in [0.1, 0.15) is 6.04 Å². The van der Waals surface area contributed by atoms with E-state index in [0.29, 0.717) is 55.3 Å². The minimum Gasteiger partial charge on any atom is -0.481 e. The third-order valence-electron chi connectivity index (χ3n) is 9.28. The molecule has 23 nitrogen and oxygen atoms in total. The van der Waals surface area contributed by atoms with Crippen molar-refractivity contribution in [2.45, 2.75) is 126 Å². The van der Waals surface area contributed by atoms with Crippen LogP contribution in [0, 0.1) is 0 Å². The van der Waals surface area contributed by atoms with Crippen molar-refractivity contribution >= 4 is 73.2 Å². The Morgan fingerprint density at radius 3 is 1.93 bits per heavy atom. The maximum absolute atomic E-state index is 12.5. The Morgan fingerprint density at radius 1 is 0.763 bits per heavy atom. The van der Waals surface area contributed by atoms with Crippen LogP contribution < -0.4 is 31.7 Å². The SMILES string of the molecule is O=C(O)CC[C@H](NP(=O)(O)OC[C@H](NC(=O)CCN(C(=O)O)C(=O)CCCCCNC(=O)CCCCCNC(=O)CCCCC1SCC2NC(=O)NC21)C(=O)O)C(=O)O. The number of aliphatic carboxylic acids is 3. The van der Waals surface area contributed by atoms with Crippen LogP contribution in [0.5, 0.6) is 0 Å². The van der Waals surface area contributed by atoms with Gasteiger partial charge in [0.15, 0.2) is 6.04 Å². The smallest absolute Gasteiger partial charge is 0.414 e. The molecule has 2 heterocycles. The largest absolute Gasteiger partial charge is 0.481 e. The van der Waals surface area contributed by atoms with Gasteiger partial charge in [0.25, 0.3) is 0 Å². The zero-order valence-corrected chi connectivity index (χ0v) is 34.3. The zero-order valence-electron chi connectivity index (χ0n) is 32.6. The Balaban J connectivity index is 1.53.